The lowest BCUT2D eigenvalue weighted by molar-refractivity contribution is -0.107. The second kappa shape index (κ2) is 15.6. The molecule has 5 aromatic rings. The summed E-state index contributed by atoms with van der Waals surface area (Å²) in [5, 5.41) is 10.4. The normalized spacial score (nSPS) is 10.6. The second-order valence-corrected chi connectivity index (χ2v) is 9.79. The van der Waals surface area contributed by atoms with Gasteiger partial charge < -0.3 is 34.6 Å². The van der Waals surface area contributed by atoms with Gasteiger partial charge in [0.2, 0.25) is 0 Å². The van der Waals surface area contributed by atoms with Crippen LogP contribution in [0.2, 0.25) is 5.02 Å². The molecule has 0 saturated carbocycles. The van der Waals surface area contributed by atoms with Crippen molar-refractivity contribution in [1.29, 1.82) is 0 Å². The van der Waals surface area contributed by atoms with Gasteiger partial charge in [0.1, 0.15) is 53.9 Å². The van der Waals surface area contributed by atoms with Crippen molar-refractivity contribution in [2.45, 2.75) is 19.6 Å². The number of fused-ring (bicyclic) bond motifs is 1. The number of carbonyl (C=O) groups excluding carboxylic acids is 1. The van der Waals surface area contributed by atoms with Crippen LogP contribution in [-0.2, 0) is 17.9 Å². The van der Waals surface area contributed by atoms with Gasteiger partial charge in [-0.15, -0.1) is 0 Å². The molecule has 0 spiro atoms. The smallest absolute Gasteiger partial charge is 0.141 e. The van der Waals surface area contributed by atoms with Gasteiger partial charge in [-0.25, -0.2) is 14.4 Å². The molecule has 3 aromatic carbocycles. The molecule has 0 fully saturated rings. The molecule has 5 rings (SSSR count). The summed E-state index contributed by atoms with van der Waals surface area (Å²) in [5.74, 6) is 2.70. The predicted octanol–water partition coefficient (Wildman–Crippen LogP) is 6.53. The second-order valence-electron chi connectivity index (χ2n) is 9.38. The van der Waals surface area contributed by atoms with E-state index in [0.29, 0.717) is 64.4 Å². The quantitative estimate of drug-likeness (QED) is 0.108. The van der Waals surface area contributed by atoms with Gasteiger partial charge in [0.15, 0.2) is 0 Å². The Labute approximate surface area is 254 Å². The van der Waals surface area contributed by atoms with Crippen molar-refractivity contribution in [3.63, 3.8) is 0 Å². The molecule has 0 aliphatic rings. The minimum Gasteiger partial charge on any atom is -0.496 e. The van der Waals surface area contributed by atoms with Gasteiger partial charge in [0.25, 0.3) is 0 Å². The molecule has 0 amide bonds. The fraction of sp³-hybridized carbons (Fsp3) is 0.219. The van der Waals surface area contributed by atoms with Gasteiger partial charge in [0.05, 0.1) is 29.8 Å². The average Bonchev–Trinajstić information content (AvgIpc) is 3.48. The zero-order valence-corrected chi connectivity index (χ0v) is 24.9. The summed E-state index contributed by atoms with van der Waals surface area (Å²) in [6, 6.07) is 19.0. The minimum atomic E-state index is -0.319. The van der Waals surface area contributed by atoms with Crippen LogP contribution in [0.3, 0.4) is 0 Å². The van der Waals surface area contributed by atoms with Crippen molar-refractivity contribution in [3.8, 4) is 22.8 Å². The Morgan fingerprint density at radius 3 is 2.60 bits per heavy atom. The SMILES string of the molecule is CNC.COc1cc2ncnc(Nc3ccc(OCc4cccc(F)c4)c(Cl)c3)c2cc1-c1ccc(CNCCC=O)o1. The summed E-state index contributed by atoms with van der Waals surface area (Å²) < 4.78 is 30.9. The van der Waals surface area contributed by atoms with E-state index in [1.54, 1.807) is 31.4 Å². The Morgan fingerprint density at radius 2 is 1.86 bits per heavy atom. The van der Waals surface area contributed by atoms with E-state index >= 15 is 0 Å². The van der Waals surface area contributed by atoms with Crippen molar-refractivity contribution in [2.24, 2.45) is 0 Å². The minimum absolute atomic E-state index is 0.189. The highest BCUT2D eigenvalue weighted by molar-refractivity contribution is 6.32. The summed E-state index contributed by atoms with van der Waals surface area (Å²) in [6.07, 6.45) is 2.79. The van der Waals surface area contributed by atoms with E-state index in [0.717, 1.165) is 23.0 Å². The molecular weight excluding hydrogens is 573 g/mol. The van der Waals surface area contributed by atoms with Crippen LogP contribution in [-0.4, -0.2) is 44.0 Å². The standard InChI is InChI=1S/C30H26ClFN4O4.C2H7N/c1-38-29-15-26-23(14-24(29)27-9-7-22(40-27)16-33-10-3-11-37)30(35-18-34-26)36-21-6-8-28(25(31)13-21)39-17-19-4-2-5-20(32)12-19;1-3-2/h2,4-9,11-15,18,33H,3,10,16-17H2,1H3,(H,34,35,36);3H,1-2H3. The molecule has 224 valence electrons. The fourth-order valence-electron chi connectivity index (χ4n) is 4.16. The Hall–Kier alpha value is -4.51. The summed E-state index contributed by atoms with van der Waals surface area (Å²) >= 11 is 6.49. The molecule has 0 saturated heterocycles. The molecule has 43 heavy (non-hydrogen) atoms. The third-order valence-electron chi connectivity index (χ3n) is 6.10. The van der Waals surface area contributed by atoms with Crippen molar-refractivity contribution >= 4 is 40.3 Å². The molecule has 0 radical (unpaired) electrons. The highest BCUT2D eigenvalue weighted by Gasteiger charge is 2.16. The number of halogens is 2. The molecule has 0 aliphatic carbocycles. The maximum Gasteiger partial charge on any atom is 0.141 e. The van der Waals surface area contributed by atoms with Crippen LogP contribution in [0.4, 0.5) is 15.9 Å². The van der Waals surface area contributed by atoms with Crippen LogP contribution in [0.1, 0.15) is 17.7 Å². The Bertz CT molecular complexity index is 1660. The molecule has 3 N–H and O–H groups in total. The number of aldehydes is 1. The van der Waals surface area contributed by atoms with E-state index in [4.69, 9.17) is 25.5 Å². The Balaban J connectivity index is 0.00000135. The number of ether oxygens (including phenoxy) is 2. The third kappa shape index (κ3) is 8.51. The van der Waals surface area contributed by atoms with Crippen molar-refractivity contribution in [3.05, 3.63) is 95.2 Å². The molecule has 0 unspecified atom stereocenters. The maximum atomic E-state index is 13.5. The van der Waals surface area contributed by atoms with Crippen LogP contribution in [0.5, 0.6) is 11.5 Å². The fourth-order valence-corrected chi connectivity index (χ4v) is 4.39. The third-order valence-corrected chi connectivity index (χ3v) is 6.40. The highest BCUT2D eigenvalue weighted by atomic mass is 35.5. The molecule has 0 bridgehead atoms. The monoisotopic (exact) mass is 605 g/mol. The number of rotatable bonds is 12. The van der Waals surface area contributed by atoms with Crippen LogP contribution in [0.25, 0.3) is 22.2 Å². The number of aromatic nitrogens is 2. The predicted molar refractivity (Wildman–Crippen MR) is 167 cm³/mol. The number of nitrogens with one attached hydrogen (secondary N) is 3. The molecular formula is C32H33ClFN5O4. The summed E-state index contributed by atoms with van der Waals surface area (Å²) in [7, 11) is 5.34. The number of hydrogen-bond acceptors (Lipinski definition) is 9. The number of hydrogen-bond donors (Lipinski definition) is 3. The lowest BCUT2D eigenvalue weighted by Crippen LogP contribution is -2.14. The van der Waals surface area contributed by atoms with Gasteiger partial charge >= 0.3 is 0 Å². The topological polar surface area (TPSA) is 111 Å². The number of methoxy groups -OCH3 is 1. The average molecular weight is 606 g/mol. The van der Waals surface area contributed by atoms with Gasteiger partial charge in [-0.1, -0.05) is 23.7 Å². The first-order valence-electron chi connectivity index (χ1n) is 13.5. The molecule has 2 aromatic heterocycles. The lowest BCUT2D eigenvalue weighted by atomic mass is 10.1. The van der Waals surface area contributed by atoms with Crippen LogP contribution in [0.15, 0.2) is 77.5 Å². The van der Waals surface area contributed by atoms with Crippen molar-refractivity contribution < 1.29 is 23.1 Å². The van der Waals surface area contributed by atoms with E-state index < -0.39 is 0 Å². The number of furan rings is 1. The molecule has 11 heteroatoms. The maximum absolute atomic E-state index is 13.5. The van der Waals surface area contributed by atoms with Gasteiger partial charge in [0, 0.05) is 30.1 Å². The molecule has 9 nitrogen and oxygen atoms in total. The lowest BCUT2D eigenvalue weighted by Gasteiger charge is -2.13. The number of carbonyl (C=O) groups is 1. The number of nitrogens with zero attached hydrogens (tertiary/aromatic N) is 2. The molecule has 0 atom stereocenters. The number of anilines is 2. The van der Waals surface area contributed by atoms with Gasteiger partial charge in [-0.05, 0) is 68.2 Å². The van der Waals surface area contributed by atoms with Crippen LogP contribution < -0.4 is 25.4 Å². The Kier molecular flexibility index (Phi) is 11.4. The number of benzene rings is 3. The first kappa shape index (κ1) is 31.4. The summed E-state index contributed by atoms with van der Waals surface area (Å²) in [6.45, 7) is 1.27. The van der Waals surface area contributed by atoms with E-state index in [9.17, 15) is 9.18 Å². The van der Waals surface area contributed by atoms with E-state index in [2.05, 4.69) is 25.9 Å². The van der Waals surface area contributed by atoms with Crippen LogP contribution >= 0.6 is 11.6 Å². The summed E-state index contributed by atoms with van der Waals surface area (Å²) in [5.41, 5.74) is 2.82. The molecule has 0 aliphatic heterocycles. The zero-order chi connectivity index (χ0) is 30.6. The van der Waals surface area contributed by atoms with Gasteiger partial charge in [-0.3, -0.25) is 0 Å². The van der Waals surface area contributed by atoms with Crippen molar-refractivity contribution in [2.75, 3.05) is 33.1 Å². The van der Waals surface area contributed by atoms with E-state index in [1.807, 2.05) is 44.4 Å². The zero-order valence-electron chi connectivity index (χ0n) is 24.1. The summed E-state index contributed by atoms with van der Waals surface area (Å²) in [4.78, 5) is 19.4. The first-order chi connectivity index (χ1) is 20.9. The van der Waals surface area contributed by atoms with Crippen LogP contribution in [0, 0.1) is 5.82 Å². The van der Waals surface area contributed by atoms with E-state index in [1.165, 1.54) is 18.5 Å². The van der Waals surface area contributed by atoms with Crippen molar-refractivity contribution in [1.82, 2.24) is 20.6 Å². The van der Waals surface area contributed by atoms with Gasteiger partial charge in [-0.2, -0.15) is 0 Å². The first-order valence-corrected chi connectivity index (χ1v) is 13.9. The molecule has 2 heterocycles. The highest BCUT2D eigenvalue weighted by Crippen LogP contribution is 2.37. The van der Waals surface area contributed by atoms with E-state index in [-0.39, 0.29) is 12.4 Å². The largest absolute Gasteiger partial charge is 0.496 e. The Morgan fingerprint density at radius 1 is 1.02 bits per heavy atom.